The highest BCUT2D eigenvalue weighted by Crippen LogP contribution is 2.07. The monoisotopic (exact) mass is 178 g/mol. The quantitative estimate of drug-likeness (QED) is 0.684. The van der Waals surface area contributed by atoms with E-state index >= 15 is 0 Å². The summed E-state index contributed by atoms with van der Waals surface area (Å²) in [5, 5.41) is 3.34. The summed E-state index contributed by atoms with van der Waals surface area (Å²) in [6.07, 6.45) is 6.02. The molecule has 70 valence electrons. The fourth-order valence-electron chi connectivity index (χ4n) is 1.47. The normalized spacial score (nSPS) is 18.3. The van der Waals surface area contributed by atoms with Gasteiger partial charge in [-0.15, -0.1) is 0 Å². The minimum Gasteiger partial charge on any atom is -0.328 e. The molecule has 1 aliphatic heterocycles. The van der Waals surface area contributed by atoms with E-state index in [0.29, 0.717) is 0 Å². The Morgan fingerprint density at radius 1 is 1.23 bits per heavy atom. The van der Waals surface area contributed by atoms with Crippen LogP contribution in [0.4, 0.5) is 5.95 Å². The van der Waals surface area contributed by atoms with Crippen LogP contribution in [0.15, 0.2) is 18.5 Å². The largest absolute Gasteiger partial charge is 0.328 e. The lowest BCUT2D eigenvalue weighted by Crippen LogP contribution is -2.33. The molecule has 0 bridgehead atoms. The molecule has 0 radical (unpaired) electrons. The van der Waals surface area contributed by atoms with E-state index in [-0.39, 0.29) is 0 Å². The third-order valence-electron chi connectivity index (χ3n) is 2.17. The highest BCUT2D eigenvalue weighted by molar-refractivity contribution is 5.27. The van der Waals surface area contributed by atoms with Crippen molar-refractivity contribution in [3.63, 3.8) is 0 Å². The lowest BCUT2D eigenvalue weighted by atomic mass is 10.3. The second-order valence-electron chi connectivity index (χ2n) is 3.18. The molecule has 0 aromatic carbocycles. The van der Waals surface area contributed by atoms with Crippen molar-refractivity contribution in [3.05, 3.63) is 18.5 Å². The van der Waals surface area contributed by atoms with Crippen LogP contribution < -0.4 is 10.2 Å². The van der Waals surface area contributed by atoms with Crippen molar-refractivity contribution in [2.45, 2.75) is 12.8 Å². The second kappa shape index (κ2) is 4.18. The zero-order valence-electron chi connectivity index (χ0n) is 7.61. The molecule has 4 heteroatoms. The Kier molecular flexibility index (Phi) is 2.72. The number of nitrogens with one attached hydrogen (secondary N) is 1. The van der Waals surface area contributed by atoms with E-state index in [0.717, 1.165) is 25.7 Å². The maximum Gasteiger partial charge on any atom is 0.226 e. The molecule has 4 nitrogen and oxygen atoms in total. The number of nitrogens with zero attached hydrogens (tertiary/aromatic N) is 3. The molecule has 0 amide bonds. The maximum atomic E-state index is 4.22. The van der Waals surface area contributed by atoms with Crippen molar-refractivity contribution in [2.24, 2.45) is 0 Å². The summed E-state index contributed by atoms with van der Waals surface area (Å²) in [5.41, 5.74) is 0. The fourth-order valence-corrected chi connectivity index (χ4v) is 1.47. The molecule has 1 fully saturated rings. The minimum absolute atomic E-state index is 0.830. The van der Waals surface area contributed by atoms with Crippen molar-refractivity contribution in [1.29, 1.82) is 0 Å². The van der Waals surface area contributed by atoms with Crippen LogP contribution in [0.5, 0.6) is 0 Å². The van der Waals surface area contributed by atoms with E-state index in [9.17, 15) is 0 Å². The zero-order valence-corrected chi connectivity index (χ0v) is 7.61. The van der Waals surface area contributed by atoms with Gasteiger partial charge >= 0.3 is 0 Å². The van der Waals surface area contributed by atoms with Crippen molar-refractivity contribution in [1.82, 2.24) is 15.3 Å². The summed E-state index contributed by atoms with van der Waals surface area (Å²) in [4.78, 5) is 10.6. The molecule has 1 saturated heterocycles. The zero-order chi connectivity index (χ0) is 8.93. The van der Waals surface area contributed by atoms with Crippen LogP contribution in [0.2, 0.25) is 0 Å². The Bertz CT molecular complexity index is 241. The first-order valence-corrected chi connectivity index (χ1v) is 4.69. The van der Waals surface area contributed by atoms with Crippen LogP contribution >= 0.6 is 0 Å². The Morgan fingerprint density at radius 3 is 2.92 bits per heavy atom. The summed E-state index contributed by atoms with van der Waals surface area (Å²) in [5.74, 6) is 0.830. The maximum absolute atomic E-state index is 4.22. The molecule has 0 atom stereocenters. The van der Waals surface area contributed by atoms with E-state index in [4.69, 9.17) is 0 Å². The van der Waals surface area contributed by atoms with Crippen molar-refractivity contribution in [2.75, 3.05) is 24.7 Å². The standard InChI is InChI=1S/C9H14N4/c1-2-7-13(8-10-4-1)9-11-5-3-6-12-9/h3,5-6,10H,1-2,4,7-8H2. The van der Waals surface area contributed by atoms with Gasteiger partial charge in [0.15, 0.2) is 0 Å². The van der Waals surface area contributed by atoms with Crippen molar-refractivity contribution < 1.29 is 0 Å². The molecule has 0 saturated carbocycles. The Hall–Kier alpha value is -1.16. The van der Waals surface area contributed by atoms with Gasteiger partial charge in [-0.05, 0) is 25.5 Å². The summed E-state index contributed by atoms with van der Waals surface area (Å²) in [6.45, 7) is 3.02. The number of anilines is 1. The summed E-state index contributed by atoms with van der Waals surface area (Å²) >= 11 is 0. The predicted octanol–water partition coefficient (Wildman–Crippen LogP) is 0.624. The van der Waals surface area contributed by atoms with E-state index < -0.39 is 0 Å². The van der Waals surface area contributed by atoms with E-state index in [2.05, 4.69) is 20.2 Å². The van der Waals surface area contributed by atoms with Gasteiger partial charge in [0.1, 0.15) is 0 Å². The third-order valence-corrected chi connectivity index (χ3v) is 2.17. The van der Waals surface area contributed by atoms with Crippen LogP contribution in [0.1, 0.15) is 12.8 Å². The Balaban J connectivity index is 2.06. The first kappa shape index (κ1) is 8.44. The lowest BCUT2D eigenvalue weighted by Gasteiger charge is -2.19. The molecule has 1 aromatic rings. The van der Waals surface area contributed by atoms with Crippen molar-refractivity contribution in [3.8, 4) is 0 Å². The first-order chi connectivity index (χ1) is 6.47. The fraction of sp³-hybridized carbons (Fsp3) is 0.556. The third kappa shape index (κ3) is 2.15. The molecular formula is C9H14N4. The minimum atomic E-state index is 0.830. The van der Waals surface area contributed by atoms with E-state index in [1.807, 2.05) is 6.07 Å². The second-order valence-corrected chi connectivity index (χ2v) is 3.18. The molecule has 2 heterocycles. The molecule has 0 aliphatic carbocycles. The summed E-state index contributed by atoms with van der Waals surface area (Å²) < 4.78 is 0. The molecule has 1 N–H and O–H groups in total. The van der Waals surface area contributed by atoms with Crippen LogP contribution in [0.3, 0.4) is 0 Å². The van der Waals surface area contributed by atoms with E-state index in [1.165, 1.54) is 12.8 Å². The van der Waals surface area contributed by atoms with Crippen LogP contribution in [0.25, 0.3) is 0 Å². The van der Waals surface area contributed by atoms with Gasteiger partial charge in [-0.25, -0.2) is 9.97 Å². The molecule has 13 heavy (non-hydrogen) atoms. The average Bonchev–Trinajstić information content (AvgIpc) is 2.47. The Labute approximate surface area is 78.0 Å². The van der Waals surface area contributed by atoms with Gasteiger partial charge < -0.3 is 4.90 Å². The number of hydrogen-bond acceptors (Lipinski definition) is 4. The molecule has 1 aromatic heterocycles. The van der Waals surface area contributed by atoms with Gasteiger partial charge in [0.25, 0.3) is 0 Å². The summed E-state index contributed by atoms with van der Waals surface area (Å²) in [7, 11) is 0. The average molecular weight is 178 g/mol. The molecule has 0 unspecified atom stereocenters. The van der Waals surface area contributed by atoms with Crippen LogP contribution in [-0.4, -0.2) is 29.7 Å². The van der Waals surface area contributed by atoms with E-state index in [1.54, 1.807) is 12.4 Å². The SMILES string of the molecule is c1cnc(N2CCCCNC2)nc1. The Morgan fingerprint density at radius 2 is 2.08 bits per heavy atom. The predicted molar refractivity (Wildman–Crippen MR) is 51.5 cm³/mol. The van der Waals surface area contributed by atoms with Crippen LogP contribution in [0, 0.1) is 0 Å². The number of hydrogen-bond donors (Lipinski definition) is 1. The first-order valence-electron chi connectivity index (χ1n) is 4.69. The van der Waals surface area contributed by atoms with Gasteiger partial charge in [0.2, 0.25) is 5.95 Å². The van der Waals surface area contributed by atoms with Gasteiger partial charge in [0, 0.05) is 18.9 Å². The van der Waals surface area contributed by atoms with Gasteiger partial charge in [-0.3, -0.25) is 5.32 Å². The topological polar surface area (TPSA) is 41.1 Å². The smallest absolute Gasteiger partial charge is 0.226 e. The highest BCUT2D eigenvalue weighted by atomic mass is 15.3. The number of rotatable bonds is 1. The summed E-state index contributed by atoms with van der Waals surface area (Å²) in [6, 6.07) is 1.84. The van der Waals surface area contributed by atoms with Crippen molar-refractivity contribution >= 4 is 5.95 Å². The molecular weight excluding hydrogens is 164 g/mol. The number of aromatic nitrogens is 2. The molecule has 2 rings (SSSR count). The van der Waals surface area contributed by atoms with Gasteiger partial charge in [0.05, 0.1) is 6.67 Å². The van der Waals surface area contributed by atoms with Crippen LogP contribution in [-0.2, 0) is 0 Å². The van der Waals surface area contributed by atoms with Gasteiger partial charge in [-0.1, -0.05) is 0 Å². The highest BCUT2D eigenvalue weighted by Gasteiger charge is 2.10. The van der Waals surface area contributed by atoms with Gasteiger partial charge in [-0.2, -0.15) is 0 Å². The lowest BCUT2D eigenvalue weighted by molar-refractivity contribution is 0.692. The molecule has 1 aliphatic rings. The molecule has 0 spiro atoms.